The predicted molar refractivity (Wildman–Crippen MR) is 163 cm³/mol. The minimum absolute atomic E-state index is 0.0336. The summed E-state index contributed by atoms with van der Waals surface area (Å²) < 4.78 is 5.42. The van der Waals surface area contributed by atoms with E-state index < -0.39 is 64.3 Å². The average molecular weight is 632 g/mol. The Hall–Kier alpha value is -3.64. The summed E-state index contributed by atoms with van der Waals surface area (Å²) in [5.74, 6) is -3.00. The Balaban J connectivity index is 1.66. The van der Waals surface area contributed by atoms with Gasteiger partial charge in [-0.25, -0.2) is 4.79 Å². The number of carbonyl (C=O) groups is 5. The minimum Gasteiger partial charge on any atom is -0.444 e. The fourth-order valence-corrected chi connectivity index (χ4v) is 5.61. The van der Waals surface area contributed by atoms with Gasteiger partial charge < -0.3 is 26.0 Å². The molecule has 44 heavy (non-hydrogen) atoms. The number of amides is 4. The second-order valence-corrected chi connectivity index (χ2v) is 14.4. The predicted octanol–water partition coefficient (Wildman–Crippen LogP) is 2.83. The van der Waals surface area contributed by atoms with E-state index in [-0.39, 0.29) is 25.3 Å². The number of rotatable bonds is 9. The summed E-state index contributed by atoms with van der Waals surface area (Å²) in [5.41, 5.74) is 6.84. The normalized spacial score (nSPS) is 22.9. The van der Waals surface area contributed by atoms with Crippen molar-refractivity contribution in [2.75, 3.05) is 6.54 Å². The maximum atomic E-state index is 14.3. The van der Waals surface area contributed by atoms with Gasteiger partial charge in [-0.05, 0) is 56.7 Å². The molecule has 0 bridgehead atoms. The molecule has 1 aromatic rings. The van der Waals surface area contributed by atoms with E-state index in [9.17, 15) is 24.0 Å². The van der Waals surface area contributed by atoms with Gasteiger partial charge in [0.25, 0.3) is 5.91 Å². The molecule has 2 fully saturated rings. The van der Waals surface area contributed by atoms with E-state index in [1.807, 2.05) is 6.07 Å². The van der Waals surface area contributed by atoms with Crippen molar-refractivity contribution >= 4 is 46.9 Å². The van der Waals surface area contributed by atoms with Crippen molar-refractivity contribution in [3.8, 4) is 0 Å². The number of carbonyl (C=O) groups excluding carboxylic acids is 5. The molecule has 2 heterocycles. The van der Waals surface area contributed by atoms with Crippen LogP contribution in [0.1, 0.15) is 72.8 Å². The fraction of sp³-hybridized carbons (Fsp3) is 0.581. The average Bonchev–Trinajstić information content (AvgIpc) is 3.50. The van der Waals surface area contributed by atoms with Gasteiger partial charge in [0.15, 0.2) is 0 Å². The van der Waals surface area contributed by atoms with E-state index in [1.54, 1.807) is 65.8 Å². The molecule has 3 aliphatic rings. The highest BCUT2D eigenvalue weighted by atomic mass is 35.5. The highest BCUT2D eigenvalue weighted by molar-refractivity contribution is 6.37. The van der Waals surface area contributed by atoms with Gasteiger partial charge in [-0.2, -0.15) is 0 Å². The standard InChI is InChI=1S/C31H42ClN5O7/c1-29(2,3)24(35-28(42)43-30(4,5)6)27(41)37-16-31(14-21(36-44-31)18-8-7-9-19(32)13-18)15-22(37)26(40)34-20(12-17-10-11-17)23(38)25(33)39/h7-9,13-14,17,20,22,24,36H,10-12,15-16H2,1-6H3,(H2,33,39)(H,34,40)(H,35,42)/t20-,22-,24+,31+/m0/s1. The van der Waals surface area contributed by atoms with Gasteiger partial charge in [-0.3, -0.25) is 29.5 Å². The Morgan fingerprint density at radius 1 is 1.14 bits per heavy atom. The largest absolute Gasteiger partial charge is 0.444 e. The van der Waals surface area contributed by atoms with Gasteiger partial charge >= 0.3 is 6.09 Å². The molecule has 5 N–H and O–H groups in total. The fourth-order valence-electron chi connectivity index (χ4n) is 5.42. The lowest BCUT2D eigenvalue weighted by Gasteiger charge is -2.36. The van der Waals surface area contributed by atoms with Crippen LogP contribution in [-0.4, -0.2) is 70.4 Å². The van der Waals surface area contributed by atoms with E-state index in [0.29, 0.717) is 10.7 Å². The molecule has 4 rings (SSSR count). The smallest absolute Gasteiger partial charge is 0.408 e. The highest BCUT2D eigenvalue weighted by Gasteiger charge is 2.54. The third kappa shape index (κ3) is 8.09. The Labute approximate surface area is 262 Å². The molecule has 12 nitrogen and oxygen atoms in total. The lowest BCUT2D eigenvalue weighted by Crippen LogP contribution is -2.59. The Bertz CT molecular complexity index is 1360. The number of alkyl carbamates (subject to hydrolysis) is 1. The number of likely N-dealkylation sites (tertiary alicyclic amines) is 1. The van der Waals surface area contributed by atoms with Crippen LogP contribution >= 0.6 is 11.6 Å². The Kier molecular flexibility index (Phi) is 9.37. The van der Waals surface area contributed by atoms with Gasteiger partial charge in [0, 0.05) is 17.0 Å². The van der Waals surface area contributed by atoms with Crippen molar-refractivity contribution in [3.05, 3.63) is 40.9 Å². The topological polar surface area (TPSA) is 169 Å². The van der Waals surface area contributed by atoms with Crippen LogP contribution in [0.4, 0.5) is 4.79 Å². The monoisotopic (exact) mass is 631 g/mol. The minimum atomic E-state index is -1.14. The van der Waals surface area contributed by atoms with Crippen molar-refractivity contribution in [1.82, 2.24) is 21.0 Å². The number of nitrogens with two attached hydrogens (primary N) is 1. The summed E-state index contributed by atoms with van der Waals surface area (Å²) in [5, 5.41) is 5.91. The molecule has 0 aromatic heterocycles. The van der Waals surface area contributed by atoms with E-state index >= 15 is 0 Å². The van der Waals surface area contributed by atoms with Gasteiger partial charge in [0.05, 0.1) is 18.3 Å². The van der Waals surface area contributed by atoms with Crippen molar-refractivity contribution < 1.29 is 33.5 Å². The van der Waals surface area contributed by atoms with Gasteiger partial charge in [0.1, 0.15) is 23.3 Å². The second kappa shape index (κ2) is 12.4. The number of Topliss-reactive ketones (excluding diaryl/α,β-unsaturated/α-hetero) is 1. The number of ether oxygens (including phenoxy) is 1. The number of hydrogen-bond acceptors (Lipinski definition) is 8. The SMILES string of the molecule is CC(C)(C)OC(=O)N[C@H](C(=O)N1C[C@@]2(C=C(c3cccc(Cl)c3)NO2)C[C@H]1C(=O)N[C@@H](CC1CC1)C(=O)C(N)=O)C(C)(C)C. The van der Waals surface area contributed by atoms with Crippen LogP contribution in [-0.2, 0) is 28.8 Å². The molecule has 4 atom stereocenters. The summed E-state index contributed by atoms with van der Waals surface area (Å²) in [6.07, 6.45) is 3.10. The number of hydroxylamine groups is 1. The molecule has 4 amide bonds. The lowest BCUT2D eigenvalue weighted by atomic mass is 9.85. The van der Waals surface area contributed by atoms with Crippen molar-refractivity contribution in [2.45, 2.75) is 96.6 Å². The number of nitrogens with one attached hydrogen (secondary N) is 3. The molecule has 1 aromatic carbocycles. The van der Waals surface area contributed by atoms with Gasteiger partial charge in [-0.15, -0.1) is 0 Å². The molecule has 13 heteroatoms. The van der Waals surface area contributed by atoms with Crippen molar-refractivity contribution in [2.24, 2.45) is 17.1 Å². The summed E-state index contributed by atoms with van der Waals surface area (Å²) in [4.78, 5) is 72.8. The van der Waals surface area contributed by atoms with E-state index in [0.717, 1.165) is 18.4 Å². The van der Waals surface area contributed by atoms with E-state index in [4.69, 9.17) is 26.9 Å². The molecule has 1 spiro atoms. The van der Waals surface area contributed by atoms with E-state index in [2.05, 4.69) is 16.1 Å². The first-order valence-electron chi connectivity index (χ1n) is 14.7. The van der Waals surface area contributed by atoms with Crippen LogP contribution in [0.2, 0.25) is 5.02 Å². The summed E-state index contributed by atoms with van der Waals surface area (Å²) in [6.45, 7) is 10.5. The Morgan fingerprint density at radius 3 is 2.39 bits per heavy atom. The van der Waals surface area contributed by atoms with Crippen LogP contribution in [0, 0.1) is 11.3 Å². The second-order valence-electron chi connectivity index (χ2n) is 13.9. The zero-order chi connectivity index (χ0) is 32.6. The van der Waals surface area contributed by atoms with Crippen LogP contribution < -0.4 is 21.8 Å². The molecule has 1 aliphatic carbocycles. The number of halogens is 1. The summed E-state index contributed by atoms with van der Waals surface area (Å²) in [6, 6.07) is 3.83. The molecular formula is C31H42ClN5O7. The third-order valence-corrected chi connectivity index (χ3v) is 8.00. The van der Waals surface area contributed by atoms with Crippen molar-refractivity contribution in [3.63, 3.8) is 0 Å². The summed E-state index contributed by atoms with van der Waals surface area (Å²) >= 11 is 6.19. The molecule has 240 valence electrons. The number of primary amides is 1. The van der Waals surface area contributed by atoms with Crippen LogP contribution in [0.25, 0.3) is 5.70 Å². The number of hydrogen-bond donors (Lipinski definition) is 4. The van der Waals surface area contributed by atoms with Crippen LogP contribution in [0.5, 0.6) is 0 Å². The molecule has 2 aliphatic heterocycles. The first-order chi connectivity index (χ1) is 20.4. The zero-order valence-electron chi connectivity index (χ0n) is 26.0. The quantitative estimate of drug-likeness (QED) is 0.302. The van der Waals surface area contributed by atoms with Crippen LogP contribution in [0.15, 0.2) is 30.3 Å². The number of nitrogens with zero attached hydrogens (tertiary/aromatic N) is 1. The maximum Gasteiger partial charge on any atom is 0.408 e. The molecule has 0 unspecified atom stereocenters. The summed E-state index contributed by atoms with van der Waals surface area (Å²) in [7, 11) is 0. The zero-order valence-corrected chi connectivity index (χ0v) is 26.7. The third-order valence-electron chi connectivity index (χ3n) is 7.76. The van der Waals surface area contributed by atoms with Gasteiger partial charge in [0.2, 0.25) is 17.6 Å². The first kappa shape index (κ1) is 33.3. The molecule has 0 radical (unpaired) electrons. The van der Waals surface area contributed by atoms with Gasteiger partial charge in [-0.1, -0.05) is 57.3 Å². The molecule has 1 saturated heterocycles. The molecular weight excluding hydrogens is 590 g/mol. The van der Waals surface area contributed by atoms with E-state index in [1.165, 1.54) is 4.90 Å². The first-order valence-corrected chi connectivity index (χ1v) is 15.1. The number of benzene rings is 1. The van der Waals surface area contributed by atoms with Crippen molar-refractivity contribution in [1.29, 1.82) is 0 Å². The van der Waals surface area contributed by atoms with Crippen LogP contribution in [0.3, 0.4) is 0 Å². The lowest BCUT2D eigenvalue weighted by molar-refractivity contribution is -0.143. The molecule has 1 saturated carbocycles. The number of ketones is 1. The highest BCUT2D eigenvalue weighted by Crippen LogP contribution is 2.39. The maximum absolute atomic E-state index is 14.3. The Morgan fingerprint density at radius 2 is 1.82 bits per heavy atom.